The molecule has 0 aromatic carbocycles. The number of carbonyl (C=O) groups excluding carboxylic acids is 1. The Kier molecular flexibility index (Phi) is 4.14. The lowest BCUT2D eigenvalue weighted by Gasteiger charge is -2.22. The van der Waals surface area contributed by atoms with Crippen molar-refractivity contribution in [2.75, 3.05) is 13.6 Å². The molecule has 0 spiro atoms. The average Bonchev–Trinajstić information content (AvgIpc) is 2.58. The number of nitrogens with one attached hydrogen (secondary N) is 1. The lowest BCUT2D eigenvalue weighted by atomic mass is 9.92. The molecule has 17 heavy (non-hydrogen) atoms. The van der Waals surface area contributed by atoms with E-state index in [1.165, 1.54) is 0 Å². The molecule has 96 valence electrons. The minimum atomic E-state index is -0.0291. The largest absolute Gasteiger partial charge is 0.344 e. The highest BCUT2D eigenvalue weighted by molar-refractivity contribution is 7.71. The molecular formula is C12H21N3OS. The first-order chi connectivity index (χ1) is 7.77. The van der Waals surface area contributed by atoms with Crippen molar-refractivity contribution in [3.63, 3.8) is 0 Å². The summed E-state index contributed by atoms with van der Waals surface area (Å²) in [4.78, 5) is 16.6. The first-order valence-corrected chi connectivity index (χ1v) is 6.20. The molecule has 4 nitrogen and oxygen atoms in total. The zero-order chi connectivity index (χ0) is 13.2. The molecular weight excluding hydrogens is 234 g/mol. The Bertz CT molecular complexity index is 453. The van der Waals surface area contributed by atoms with Gasteiger partial charge in [0.15, 0.2) is 4.77 Å². The van der Waals surface area contributed by atoms with Gasteiger partial charge >= 0.3 is 0 Å². The van der Waals surface area contributed by atoms with E-state index in [-0.39, 0.29) is 11.3 Å². The van der Waals surface area contributed by atoms with Crippen LogP contribution >= 0.6 is 12.2 Å². The van der Waals surface area contributed by atoms with E-state index in [1.54, 1.807) is 11.9 Å². The summed E-state index contributed by atoms with van der Waals surface area (Å²) in [6.07, 6.45) is 1.89. The summed E-state index contributed by atoms with van der Waals surface area (Å²) in [6, 6.07) is 0. The Hall–Kier alpha value is -1.10. The monoisotopic (exact) mass is 255 g/mol. The molecule has 1 aromatic rings. The maximum absolute atomic E-state index is 11.9. The van der Waals surface area contributed by atoms with Gasteiger partial charge in [-0.25, -0.2) is 0 Å². The molecule has 0 fully saturated rings. The summed E-state index contributed by atoms with van der Waals surface area (Å²) >= 11 is 5.22. The zero-order valence-corrected chi connectivity index (χ0v) is 12.0. The van der Waals surface area contributed by atoms with Gasteiger partial charge in [-0.05, 0) is 19.1 Å². The van der Waals surface area contributed by atoms with Crippen LogP contribution in [0.4, 0.5) is 0 Å². The van der Waals surface area contributed by atoms with Crippen molar-refractivity contribution >= 4 is 18.1 Å². The van der Waals surface area contributed by atoms with E-state index in [1.807, 2.05) is 17.7 Å². The number of amides is 1. The van der Waals surface area contributed by atoms with Crippen molar-refractivity contribution in [1.29, 1.82) is 0 Å². The second kappa shape index (κ2) is 5.04. The number of imidazole rings is 1. The Morgan fingerprint density at radius 2 is 2.12 bits per heavy atom. The number of rotatable bonds is 3. The molecule has 1 N–H and O–H groups in total. The van der Waals surface area contributed by atoms with E-state index in [0.29, 0.717) is 17.9 Å². The van der Waals surface area contributed by atoms with E-state index in [4.69, 9.17) is 12.2 Å². The molecule has 0 unspecified atom stereocenters. The number of H-pyrrole nitrogens is 1. The Morgan fingerprint density at radius 3 is 2.59 bits per heavy atom. The predicted molar refractivity (Wildman–Crippen MR) is 71.6 cm³/mol. The molecule has 5 heteroatoms. The van der Waals surface area contributed by atoms with Crippen LogP contribution in [0.2, 0.25) is 0 Å². The Morgan fingerprint density at radius 1 is 1.53 bits per heavy atom. The van der Waals surface area contributed by atoms with Gasteiger partial charge in [-0.15, -0.1) is 0 Å². The minimum absolute atomic E-state index is 0.0291. The first kappa shape index (κ1) is 14.0. The van der Waals surface area contributed by atoms with Gasteiger partial charge in [0.25, 0.3) is 0 Å². The highest BCUT2D eigenvalue weighted by Gasteiger charge is 2.21. The van der Waals surface area contributed by atoms with Crippen LogP contribution < -0.4 is 0 Å². The van der Waals surface area contributed by atoms with Crippen LogP contribution in [0.5, 0.6) is 0 Å². The minimum Gasteiger partial charge on any atom is -0.344 e. The lowest BCUT2D eigenvalue weighted by Crippen LogP contribution is -2.31. The molecule has 0 aliphatic carbocycles. The van der Waals surface area contributed by atoms with Crippen LogP contribution in [0.3, 0.4) is 0 Å². The number of aromatic amines is 1. The van der Waals surface area contributed by atoms with E-state index in [0.717, 1.165) is 5.69 Å². The van der Waals surface area contributed by atoms with Crippen LogP contribution in [0, 0.1) is 4.77 Å². The standard InChI is InChI=1S/C12H21N3OS/c1-6-14(5)10(16)8-15-9(12(2,3)4)7-13-11(15)17/h7H,6,8H2,1-5H3,(H,13,17). The van der Waals surface area contributed by atoms with Crippen molar-refractivity contribution in [2.24, 2.45) is 0 Å². The fourth-order valence-corrected chi connectivity index (χ4v) is 1.83. The lowest BCUT2D eigenvalue weighted by molar-refractivity contribution is -0.130. The highest BCUT2D eigenvalue weighted by atomic mass is 32.1. The van der Waals surface area contributed by atoms with Crippen LogP contribution in [-0.2, 0) is 16.8 Å². The molecule has 0 radical (unpaired) electrons. The number of nitrogens with zero attached hydrogens (tertiary/aromatic N) is 2. The van der Waals surface area contributed by atoms with Crippen molar-refractivity contribution in [3.05, 3.63) is 16.7 Å². The SMILES string of the molecule is CCN(C)C(=O)Cn1c(C(C)(C)C)c[nH]c1=S. The third-order valence-corrected chi connectivity index (χ3v) is 3.17. The normalized spacial score (nSPS) is 11.6. The Labute approximate surface area is 108 Å². The predicted octanol–water partition coefficient (Wildman–Crippen LogP) is 2.32. The number of aromatic nitrogens is 2. The fraction of sp³-hybridized carbons (Fsp3) is 0.667. The smallest absolute Gasteiger partial charge is 0.242 e. The molecule has 1 rings (SSSR count). The molecule has 0 bridgehead atoms. The quantitative estimate of drug-likeness (QED) is 0.842. The Balaban J connectivity index is 3.03. The third-order valence-electron chi connectivity index (χ3n) is 2.83. The topological polar surface area (TPSA) is 41.0 Å². The summed E-state index contributed by atoms with van der Waals surface area (Å²) in [5, 5.41) is 0. The molecule has 0 atom stereocenters. The summed E-state index contributed by atoms with van der Waals surface area (Å²) in [5.41, 5.74) is 1.03. The van der Waals surface area contributed by atoms with Gasteiger partial charge in [0.05, 0.1) is 0 Å². The maximum Gasteiger partial charge on any atom is 0.242 e. The van der Waals surface area contributed by atoms with Crippen molar-refractivity contribution in [2.45, 2.75) is 39.7 Å². The molecule has 1 aromatic heterocycles. The van der Waals surface area contributed by atoms with Gasteiger partial charge in [0.2, 0.25) is 5.91 Å². The number of likely N-dealkylation sites (N-methyl/N-ethyl adjacent to an activating group) is 1. The highest BCUT2D eigenvalue weighted by Crippen LogP contribution is 2.22. The number of hydrogen-bond donors (Lipinski definition) is 1. The molecule has 0 saturated carbocycles. The zero-order valence-electron chi connectivity index (χ0n) is 11.2. The van der Waals surface area contributed by atoms with Crippen LogP contribution in [0.25, 0.3) is 0 Å². The summed E-state index contributed by atoms with van der Waals surface area (Å²) in [7, 11) is 1.80. The summed E-state index contributed by atoms with van der Waals surface area (Å²) < 4.78 is 2.48. The van der Waals surface area contributed by atoms with Crippen molar-refractivity contribution in [1.82, 2.24) is 14.5 Å². The molecule has 1 heterocycles. The van der Waals surface area contributed by atoms with Gasteiger partial charge in [-0.1, -0.05) is 20.8 Å². The molecule has 0 aliphatic rings. The maximum atomic E-state index is 11.9. The molecule has 1 amide bonds. The van der Waals surface area contributed by atoms with Crippen LogP contribution in [-0.4, -0.2) is 34.0 Å². The van der Waals surface area contributed by atoms with Crippen molar-refractivity contribution in [3.8, 4) is 0 Å². The van der Waals surface area contributed by atoms with Crippen LogP contribution in [0.1, 0.15) is 33.4 Å². The van der Waals surface area contributed by atoms with Gasteiger partial charge < -0.3 is 14.5 Å². The van der Waals surface area contributed by atoms with Gasteiger partial charge in [-0.2, -0.15) is 0 Å². The third kappa shape index (κ3) is 3.19. The fourth-order valence-electron chi connectivity index (χ4n) is 1.61. The molecule has 0 aliphatic heterocycles. The van der Waals surface area contributed by atoms with E-state index in [9.17, 15) is 4.79 Å². The average molecular weight is 255 g/mol. The number of carbonyl (C=O) groups is 1. The van der Waals surface area contributed by atoms with E-state index >= 15 is 0 Å². The summed E-state index contributed by atoms with van der Waals surface area (Å²) in [6.45, 7) is 9.29. The van der Waals surface area contributed by atoms with Crippen molar-refractivity contribution < 1.29 is 4.79 Å². The first-order valence-electron chi connectivity index (χ1n) is 5.80. The molecule has 0 saturated heterocycles. The number of hydrogen-bond acceptors (Lipinski definition) is 2. The second-order valence-electron chi connectivity index (χ2n) is 5.22. The van der Waals surface area contributed by atoms with E-state index in [2.05, 4.69) is 25.8 Å². The van der Waals surface area contributed by atoms with Gasteiger partial charge in [0.1, 0.15) is 6.54 Å². The van der Waals surface area contributed by atoms with E-state index < -0.39 is 0 Å². The second-order valence-corrected chi connectivity index (χ2v) is 5.61. The van der Waals surface area contributed by atoms with Gasteiger partial charge in [0, 0.05) is 30.9 Å². The van der Waals surface area contributed by atoms with Crippen LogP contribution in [0.15, 0.2) is 6.20 Å². The summed E-state index contributed by atoms with van der Waals surface area (Å²) in [5.74, 6) is 0.0775. The van der Waals surface area contributed by atoms with Gasteiger partial charge in [-0.3, -0.25) is 4.79 Å².